The molecule has 33 heavy (non-hydrogen) atoms. The molecule has 7 heteroatoms. The number of carbonyl (C=O) groups excluding carboxylic acids is 3. The van der Waals surface area contributed by atoms with Crippen molar-refractivity contribution < 1.29 is 28.6 Å². The van der Waals surface area contributed by atoms with Crippen LogP contribution in [0, 0.1) is 0 Å². The van der Waals surface area contributed by atoms with Crippen molar-refractivity contribution in [3.05, 3.63) is 102 Å². The molecule has 7 nitrogen and oxygen atoms in total. The lowest BCUT2D eigenvalue weighted by Crippen LogP contribution is -2.43. The summed E-state index contributed by atoms with van der Waals surface area (Å²) in [6, 6.07) is 25.8. The summed E-state index contributed by atoms with van der Waals surface area (Å²) in [6.45, 7) is 0.177. The minimum absolute atomic E-state index is 0.00509. The fourth-order valence-corrected chi connectivity index (χ4v) is 2.92. The molecule has 170 valence electrons. The Hall–Kier alpha value is -4.13. The van der Waals surface area contributed by atoms with Gasteiger partial charge in [0.2, 0.25) is 0 Å². The monoisotopic (exact) mass is 447 g/mol. The van der Waals surface area contributed by atoms with Crippen molar-refractivity contribution in [1.29, 1.82) is 0 Å². The summed E-state index contributed by atoms with van der Waals surface area (Å²) in [4.78, 5) is 37.1. The second kappa shape index (κ2) is 12.7. The lowest BCUT2D eigenvalue weighted by molar-refractivity contribution is -0.148. The summed E-state index contributed by atoms with van der Waals surface area (Å²) >= 11 is 0. The normalized spacial score (nSPS) is 11.2. The van der Waals surface area contributed by atoms with Crippen LogP contribution in [0.15, 0.2) is 91.0 Å². The highest BCUT2D eigenvalue weighted by atomic mass is 16.6. The van der Waals surface area contributed by atoms with Crippen LogP contribution < -0.4 is 10.1 Å². The molecule has 0 radical (unpaired) electrons. The third-order valence-corrected chi connectivity index (χ3v) is 4.63. The maximum Gasteiger partial charge on any atom is 0.413 e. The van der Waals surface area contributed by atoms with Crippen LogP contribution in [-0.4, -0.2) is 24.1 Å². The van der Waals surface area contributed by atoms with E-state index in [-0.39, 0.29) is 26.1 Å². The number of benzene rings is 3. The Morgan fingerprint density at radius 3 is 1.79 bits per heavy atom. The quantitative estimate of drug-likeness (QED) is 0.463. The molecule has 0 aromatic heterocycles. The van der Waals surface area contributed by atoms with Crippen molar-refractivity contribution in [2.45, 2.75) is 32.1 Å². The first kappa shape index (κ1) is 23.5. The van der Waals surface area contributed by atoms with E-state index in [9.17, 15) is 14.4 Å². The van der Waals surface area contributed by atoms with Gasteiger partial charge >= 0.3 is 18.0 Å². The Balaban J connectivity index is 1.55. The standard InChI is InChI=1S/C26H25NO6/c28-24(31-18-20-10-4-1-5-11-20)17-16-23(25(29)32-19-21-12-6-2-7-13-21)27-26(30)33-22-14-8-3-9-15-22/h1-15,23H,16-19H2,(H,27,30)/t23-/m0/s1. The minimum Gasteiger partial charge on any atom is -0.461 e. The van der Waals surface area contributed by atoms with Gasteiger partial charge in [-0.3, -0.25) is 4.79 Å². The number of hydrogen-bond acceptors (Lipinski definition) is 6. The predicted octanol–water partition coefficient (Wildman–Crippen LogP) is 4.41. The number of rotatable bonds is 10. The molecule has 0 saturated heterocycles. The maximum absolute atomic E-state index is 12.7. The van der Waals surface area contributed by atoms with Crippen LogP contribution in [-0.2, 0) is 32.3 Å². The van der Waals surface area contributed by atoms with Crippen molar-refractivity contribution in [3.63, 3.8) is 0 Å². The number of nitrogens with one attached hydrogen (secondary N) is 1. The van der Waals surface area contributed by atoms with Crippen LogP contribution in [0.1, 0.15) is 24.0 Å². The lowest BCUT2D eigenvalue weighted by atomic mass is 10.1. The highest BCUT2D eigenvalue weighted by Gasteiger charge is 2.25. The van der Waals surface area contributed by atoms with E-state index in [1.807, 2.05) is 60.7 Å². The number of esters is 2. The van der Waals surface area contributed by atoms with E-state index in [1.54, 1.807) is 30.3 Å². The number of ether oxygens (including phenoxy) is 3. The van der Waals surface area contributed by atoms with Gasteiger partial charge < -0.3 is 19.5 Å². The molecule has 3 aromatic carbocycles. The molecule has 0 aliphatic carbocycles. The lowest BCUT2D eigenvalue weighted by Gasteiger charge is -2.17. The summed E-state index contributed by atoms with van der Waals surface area (Å²) in [6.07, 6.45) is -0.894. The van der Waals surface area contributed by atoms with Gasteiger partial charge in [-0.25, -0.2) is 9.59 Å². The fourth-order valence-electron chi connectivity index (χ4n) is 2.92. The Morgan fingerprint density at radius 2 is 1.21 bits per heavy atom. The number of amides is 1. The maximum atomic E-state index is 12.7. The molecular formula is C26H25NO6. The van der Waals surface area contributed by atoms with E-state index >= 15 is 0 Å². The molecule has 1 amide bonds. The Morgan fingerprint density at radius 1 is 0.697 bits per heavy atom. The summed E-state index contributed by atoms with van der Waals surface area (Å²) in [5, 5.41) is 2.49. The molecule has 0 aliphatic rings. The van der Waals surface area contributed by atoms with Crippen LogP contribution in [0.25, 0.3) is 0 Å². The molecule has 3 rings (SSSR count). The summed E-state index contributed by atoms with van der Waals surface area (Å²) in [7, 11) is 0. The molecule has 0 saturated carbocycles. The van der Waals surface area contributed by atoms with E-state index in [2.05, 4.69) is 5.32 Å². The summed E-state index contributed by atoms with van der Waals surface area (Å²) < 4.78 is 15.8. The van der Waals surface area contributed by atoms with Crippen LogP contribution in [0.2, 0.25) is 0 Å². The zero-order valence-corrected chi connectivity index (χ0v) is 18.0. The molecule has 1 N–H and O–H groups in total. The van der Waals surface area contributed by atoms with Crippen LogP contribution in [0.3, 0.4) is 0 Å². The topological polar surface area (TPSA) is 90.9 Å². The summed E-state index contributed by atoms with van der Waals surface area (Å²) in [5.41, 5.74) is 1.66. The van der Waals surface area contributed by atoms with E-state index in [4.69, 9.17) is 14.2 Å². The number of hydrogen-bond donors (Lipinski definition) is 1. The average molecular weight is 447 g/mol. The van der Waals surface area contributed by atoms with Crippen molar-refractivity contribution in [1.82, 2.24) is 5.32 Å². The van der Waals surface area contributed by atoms with Crippen molar-refractivity contribution in [2.75, 3.05) is 0 Å². The zero-order chi connectivity index (χ0) is 23.3. The Kier molecular flexibility index (Phi) is 9.03. The van der Waals surface area contributed by atoms with Gasteiger partial charge in [-0.2, -0.15) is 0 Å². The molecule has 0 fully saturated rings. The van der Waals surface area contributed by atoms with Crippen molar-refractivity contribution >= 4 is 18.0 Å². The number of carbonyl (C=O) groups is 3. The smallest absolute Gasteiger partial charge is 0.413 e. The van der Waals surface area contributed by atoms with Gasteiger partial charge in [0, 0.05) is 6.42 Å². The molecule has 3 aromatic rings. The molecule has 0 spiro atoms. The molecule has 1 atom stereocenters. The molecule has 0 heterocycles. The van der Waals surface area contributed by atoms with Crippen LogP contribution in [0.5, 0.6) is 5.75 Å². The van der Waals surface area contributed by atoms with E-state index in [0.717, 1.165) is 11.1 Å². The first-order chi connectivity index (χ1) is 16.1. The van der Waals surface area contributed by atoms with Crippen molar-refractivity contribution in [3.8, 4) is 5.75 Å². The SMILES string of the molecule is O=C(CC[C@H](NC(=O)Oc1ccccc1)C(=O)OCc1ccccc1)OCc1ccccc1. The Labute approximate surface area is 192 Å². The molecular weight excluding hydrogens is 422 g/mol. The second-order valence-corrected chi connectivity index (χ2v) is 7.18. The predicted molar refractivity (Wildman–Crippen MR) is 121 cm³/mol. The van der Waals surface area contributed by atoms with E-state index in [1.165, 1.54) is 0 Å². The molecule has 0 aliphatic heterocycles. The molecule has 0 bridgehead atoms. The Bertz CT molecular complexity index is 1020. The fraction of sp³-hybridized carbons (Fsp3) is 0.192. The zero-order valence-electron chi connectivity index (χ0n) is 18.0. The van der Waals surface area contributed by atoms with E-state index < -0.39 is 24.1 Å². The van der Waals surface area contributed by atoms with Crippen LogP contribution in [0.4, 0.5) is 4.79 Å². The van der Waals surface area contributed by atoms with Gasteiger partial charge in [-0.05, 0) is 29.7 Å². The minimum atomic E-state index is -1.07. The average Bonchev–Trinajstić information content (AvgIpc) is 2.85. The van der Waals surface area contributed by atoms with Crippen LogP contribution >= 0.6 is 0 Å². The molecule has 0 unspecified atom stereocenters. The van der Waals surface area contributed by atoms with Gasteiger partial charge in [0.25, 0.3) is 0 Å². The van der Waals surface area contributed by atoms with Gasteiger partial charge in [-0.1, -0.05) is 78.9 Å². The van der Waals surface area contributed by atoms with Gasteiger partial charge in [0.1, 0.15) is 25.0 Å². The third-order valence-electron chi connectivity index (χ3n) is 4.63. The van der Waals surface area contributed by atoms with Gasteiger partial charge in [-0.15, -0.1) is 0 Å². The summed E-state index contributed by atoms with van der Waals surface area (Å²) in [5.74, 6) is -0.827. The van der Waals surface area contributed by atoms with E-state index in [0.29, 0.717) is 5.75 Å². The third kappa shape index (κ3) is 8.49. The highest BCUT2D eigenvalue weighted by molar-refractivity contribution is 5.82. The number of para-hydroxylation sites is 1. The first-order valence-corrected chi connectivity index (χ1v) is 10.5. The largest absolute Gasteiger partial charge is 0.461 e. The first-order valence-electron chi connectivity index (χ1n) is 10.5. The highest BCUT2D eigenvalue weighted by Crippen LogP contribution is 2.11. The van der Waals surface area contributed by atoms with Gasteiger partial charge in [0.05, 0.1) is 0 Å². The van der Waals surface area contributed by atoms with Gasteiger partial charge in [0.15, 0.2) is 0 Å². The second-order valence-electron chi connectivity index (χ2n) is 7.18. The van der Waals surface area contributed by atoms with Crippen molar-refractivity contribution in [2.24, 2.45) is 0 Å².